The summed E-state index contributed by atoms with van der Waals surface area (Å²) >= 11 is 0. The van der Waals surface area contributed by atoms with Crippen LogP contribution in [-0.4, -0.2) is 70.6 Å². The van der Waals surface area contributed by atoms with Gasteiger partial charge >= 0.3 is 0 Å². The van der Waals surface area contributed by atoms with Crippen LogP contribution in [0.1, 0.15) is 67.2 Å². The third-order valence-electron chi connectivity index (χ3n) is 6.56. The number of hydrogen-bond acceptors (Lipinski definition) is 3. The highest BCUT2D eigenvalue weighted by Crippen LogP contribution is 2.35. The summed E-state index contributed by atoms with van der Waals surface area (Å²) in [6, 6.07) is 1.62. The smallest absolute Gasteiger partial charge is 0.0229 e. The molecule has 0 radical (unpaired) electrons. The molecular formula is C20H39N3. The number of piperazine rings is 1. The quantitative estimate of drug-likeness (QED) is 0.771. The van der Waals surface area contributed by atoms with E-state index in [1.807, 2.05) is 0 Å². The molecule has 0 saturated carbocycles. The molecule has 0 aromatic heterocycles. The first kappa shape index (κ1) is 17.7. The highest BCUT2D eigenvalue weighted by Gasteiger charge is 2.43. The molecule has 4 heterocycles. The lowest BCUT2D eigenvalue weighted by Gasteiger charge is -2.56. The predicted molar refractivity (Wildman–Crippen MR) is 98.9 cm³/mol. The molecule has 4 saturated heterocycles. The van der Waals surface area contributed by atoms with Gasteiger partial charge in [0.2, 0.25) is 0 Å². The summed E-state index contributed by atoms with van der Waals surface area (Å²) < 4.78 is 0. The molecule has 134 valence electrons. The third-order valence-corrected chi connectivity index (χ3v) is 6.56. The van der Waals surface area contributed by atoms with Gasteiger partial charge in [0.15, 0.2) is 0 Å². The molecule has 4 aliphatic heterocycles. The SMILES string of the molecule is CC(C)(C)N1CCC(CN2CC3CCC2CN3C(C)(C)C)CC1. The molecule has 0 amide bonds. The zero-order valence-electron chi connectivity index (χ0n) is 16.4. The molecule has 23 heavy (non-hydrogen) atoms. The Morgan fingerprint density at radius 2 is 1.35 bits per heavy atom. The number of fused-ring (bicyclic) bond motifs is 3. The molecule has 0 N–H and O–H groups in total. The fourth-order valence-corrected chi connectivity index (χ4v) is 5.08. The Labute approximate surface area is 144 Å². The van der Waals surface area contributed by atoms with Gasteiger partial charge in [-0.15, -0.1) is 0 Å². The van der Waals surface area contributed by atoms with Crippen molar-refractivity contribution in [1.82, 2.24) is 14.7 Å². The number of rotatable bonds is 2. The van der Waals surface area contributed by atoms with E-state index in [0.29, 0.717) is 11.1 Å². The van der Waals surface area contributed by atoms with Crippen molar-refractivity contribution < 1.29 is 0 Å². The van der Waals surface area contributed by atoms with Crippen LogP contribution in [0.4, 0.5) is 0 Å². The lowest BCUT2D eigenvalue weighted by Crippen LogP contribution is -2.67. The number of hydrogen-bond donors (Lipinski definition) is 0. The second-order valence-corrected chi connectivity index (χ2v) is 10.3. The van der Waals surface area contributed by atoms with E-state index in [0.717, 1.165) is 18.0 Å². The first-order valence-corrected chi connectivity index (χ1v) is 9.90. The van der Waals surface area contributed by atoms with Gasteiger partial charge in [0.25, 0.3) is 0 Å². The fraction of sp³-hybridized carbons (Fsp3) is 1.00. The number of likely N-dealkylation sites (tertiary alicyclic amines) is 1. The molecular weight excluding hydrogens is 282 g/mol. The van der Waals surface area contributed by atoms with Crippen molar-refractivity contribution in [2.24, 2.45) is 5.92 Å². The van der Waals surface area contributed by atoms with Crippen LogP contribution in [0.5, 0.6) is 0 Å². The molecule has 2 unspecified atom stereocenters. The minimum Gasteiger partial charge on any atom is -0.298 e. The molecule has 0 aliphatic carbocycles. The van der Waals surface area contributed by atoms with Crippen LogP contribution in [0.3, 0.4) is 0 Å². The van der Waals surface area contributed by atoms with Gasteiger partial charge in [0, 0.05) is 42.8 Å². The first-order valence-electron chi connectivity index (χ1n) is 9.90. The van der Waals surface area contributed by atoms with Crippen LogP contribution in [0.2, 0.25) is 0 Å². The summed E-state index contributed by atoms with van der Waals surface area (Å²) in [7, 11) is 0. The second-order valence-electron chi connectivity index (χ2n) is 10.3. The predicted octanol–water partition coefficient (Wildman–Crippen LogP) is 3.44. The summed E-state index contributed by atoms with van der Waals surface area (Å²) in [4.78, 5) is 8.31. The van der Waals surface area contributed by atoms with Crippen molar-refractivity contribution in [2.75, 3.05) is 32.7 Å². The summed E-state index contributed by atoms with van der Waals surface area (Å²) in [6.07, 6.45) is 5.64. The van der Waals surface area contributed by atoms with Gasteiger partial charge in [-0.25, -0.2) is 0 Å². The Hall–Kier alpha value is -0.120. The van der Waals surface area contributed by atoms with E-state index in [4.69, 9.17) is 0 Å². The van der Waals surface area contributed by atoms with E-state index in [1.54, 1.807) is 0 Å². The van der Waals surface area contributed by atoms with Gasteiger partial charge in [-0.05, 0) is 86.2 Å². The van der Waals surface area contributed by atoms with Gasteiger partial charge in [-0.2, -0.15) is 0 Å². The van der Waals surface area contributed by atoms with Crippen LogP contribution in [0, 0.1) is 5.92 Å². The maximum atomic E-state index is 2.85. The van der Waals surface area contributed by atoms with Crippen molar-refractivity contribution in [3.63, 3.8) is 0 Å². The monoisotopic (exact) mass is 321 g/mol. The Balaban J connectivity index is 1.52. The summed E-state index contributed by atoms with van der Waals surface area (Å²) in [6.45, 7) is 20.8. The van der Waals surface area contributed by atoms with Crippen LogP contribution >= 0.6 is 0 Å². The van der Waals surface area contributed by atoms with Crippen molar-refractivity contribution in [1.29, 1.82) is 0 Å². The molecule has 2 bridgehead atoms. The van der Waals surface area contributed by atoms with E-state index < -0.39 is 0 Å². The Kier molecular flexibility index (Phi) is 4.85. The van der Waals surface area contributed by atoms with Gasteiger partial charge in [0.1, 0.15) is 0 Å². The van der Waals surface area contributed by atoms with Crippen LogP contribution in [0.15, 0.2) is 0 Å². The Morgan fingerprint density at radius 3 is 1.83 bits per heavy atom. The second kappa shape index (κ2) is 6.31. The van der Waals surface area contributed by atoms with E-state index in [1.165, 1.54) is 58.4 Å². The maximum absolute atomic E-state index is 2.85. The number of piperidine rings is 3. The molecule has 4 rings (SSSR count). The van der Waals surface area contributed by atoms with Gasteiger partial charge in [-0.3, -0.25) is 14.7 Å². The lowest BCUT2D eigenvalue weighted by atomic mass is 9.85. The van der Waals surface area contributed by atoms with E-state index in [-0.39, 0.29) is 0 Å². The van der Waals surface area contributed by atoms with Crippen LogP contribution in [0.25, 0.3) is 0 Å². The molecule has 3 nitrogen and oxygen atoms in total. The highest BCUT2D eigenvalue weighted by molar-refractivity contribution is 4.99. The first-order chi connectivity index (χ1) is 10.6. The normalized spacial score (nSPS) is 32.6. The summed E-state index contributed by atoms with van der Waals surface area (Å²) in [5, 5.41) is 0. The van der Waals surface area contributed by atoms with Crippen molar-refractivity contribution in [2.45, 2.75) is 90.4 Å². The van der Waals surface area contributed by atoms with Gasteiger partial charge < -0.3 is 0 Å². The average Bonchev–Trinajstić information content (AvgIpc) is 2.46. The molecule has 0 aromatic carbocycles. The van der Waals surface area contributed by atoms with Crippen molar-refractivity contribution in [3.05, 3.63) is 0 Å². The molecule has 0 aromatic rings. The topological polar surface area (TPSA) is 9.72 Å². The minimum atomic E-state index is 0.341. The van der Waals surface area contributed by atoms with Crippen molar-refractivity contribution >= 4 is 0 Å². The molecule has 0 spiro atoms. The lowest BCUT2D eigenvalue weighted by molar-refractivity contribution is -0.0711. The molecule has 4 fully saturated rings. The van der Waals surface area contributed by atoms with Crippen molar-refractivity contribution in [3.8, 4) is 0 Å². The van der Waals surface area contributed by atoms with Crippen LogP contribution in [-0.2, 0) is 0 Å². The zero-order valence-corrected chi connectivity index (χ0v) is 16.4. The van der Waals surface area contributed by atoms with E-state index in [9.17, 15) is 0 Å². The highest BCUT2D eigenvalue weighted by atomic mass is 15.3. The fourth-order valence-electron chi connectivity index (χ4n) is 5.08. The molecule has 3 heteroatoms. The number of nitrogens with zero attached hydrogens (tertiary/aromatic N) is 3. The average molecular weight is 322 g/mol. The minimum absolute atomic E-state index is 0.341. The summed E-state index contributed by atoms with van der Waals surface area (Å²) in [5.74, 6) is 0.927. The van der Waals surface area contributed by atoms with E-state index >= 15 is 0 Å². The largest absolute Gasteiger partial charge is 0.298 e. The van der Waals surface area contributed by atoms with E-state index in [2.05, 4.69) is 56.2 Å². The molecule has 4 aliphatic rings. The Bertz CT molecular complexity index is 398. The van der Waals surface area contributed by atoms with Gasteiger partial charge in [-0.1, -0.05) is 0 Å². The maximum Gasteiger partial charge on any atom is 0.0229 e. The zero-order chi connectivity index (χ0) is 16.8. The summed E-state index contributed by atoms with van der Waals surface area (Å²) in [5.41, 5.74) is 0.690. The third kappa shape index (κ3) is 3.93. The standard InChI is InChI=1S/C20H39N3/c1-19(2,3)22-11-9-16(10-12-22)13-21-14-18-8-7-17(21)15-23(18)20(4,5)6/h16-18H,7-15H2,1-6H3. The Morgan fingerprint density at radius 1 is 0.739 bits per heavy atom. The van der Waals surface area contributed by atoms with Gasteiger partial charge in [0.05, 0.1) is 0 Å². The molecule has 2 atom stereocenters. The van der Waals surface area contributed by atoms with Crippen LogP contribution < -0.4 is 0 Å².